The molecule has 4 rings (SSSR count). The largest absolute Gasteiger partial charge is 0.358 e. The van der Waals surface area contributed by atoms with Crippen molar-refractivity contribution in [1.82, 2.24) is 9.97 Å². The third-order valence-electron chi connectivity index (χ3n) is 4.11. The number of alkyl halides is 2. The van der Waals surface area contributed by atoms with Crippen molar-refractivity contribution in [2.75, 3.05) is 28.6 Å². The molecule has 3 heterocycles. The highest BCUT2D eigenvalue weighted by Gasteiger charge is 2.45. The summed E-state index contributed by atoms with van der Waals surface area (Å²) in [7, 11) is 0. The number of H-pyrrole nitrogens is 1. The lowest BCUT2D eigenvalue weighted by molar-refractivity contribution is -0.0266. The van der Waals surface area contributed by atoms with Crippen LogP contribution >= 0.6 is 11.6 Å². The fraction of sp³-hybridized carbons (Fsp3) is 0.176. The molecule has 6 nitrogen and oxygen atoms in total. The van der Waals surface area contributed by atoms with Crippen molar-refractivity contribution in [3.8, 4) is 0 Å². The molecular formula is C17H13ClF3N5O. The van der Waals surface area contributed by atoms with Crippen LogP contribution < -0.4 is 15.5 Å². The highest BCUT2D eigenvalue weighted by atomic mass is 35.5. The van der Waals surface area contributed by atoms with Gasteiger partial charge in [-0.15, -0.1) is 0 Å². The van der Waals surface area contributed by atoms with Gasteiger partial charge in [0.25, 0.3) is 5.92 Å². The van der Waals surface area contributed by atoms with Gasteiger partial charge in [0.05, 0.1) is 35.5 Å². The molecule has 2 amide bonds. The first-order chi connectivity index (χ1) is 12.8. The molecule has 1 saturated heterocycles. The second-order valence-electron chi connectivity index (χ2n) is 6.22. The molecule has 27 heavy (non-hydrogen) atoms. The lowest BCUT2D eigenvalue weighted by Crippen LogP contribution is -2.56. The van der Waals surface area contributed by atoms with E-state index >= 15 is 0 Å². The summed E-state index contributed by atoms with van der Waals surface area (Å²) >= 11 is 6.08. The molecule has 0 atom stereocenters. The van der Waals surface area contributed by atoms with Crippen LogP contribution in [0.3, 0.4) is 0 Å². The van der Waals surface area contributed by atoms with Crippen molar-refractivity contribution >= 4 is 45.7 Å². The Labute approximate surface area is 156 Å². The third-order valence-corrected chi connectivity index (χ3v) is 4.39. The van der Waals surface area contributed by atoms with Crippen LogP contribution in [0.1, 0.15) is 0 Å². The number of hydrogen-bond acceptors (Lipinski definition) is 3. The van der Waals surface area contributed by atoms with Crippen LogP contribution in [0.2, 0.25) is 5.02 Å². The SMILES string of the molecule is O=C(Nc1cnc(N2CC(F)(F)C2)c(Cl)c1)Nc1ccc2c(F)c[nH]c2c1. The lowest BCUT2D eigenvalue weighted by Gasteiger charge is -2.39. The van der Waals surface area contributed by atoms with Gasteiger partial charge >= 0.3 is 6.03 Å². The van der Waals surface area contributed by atoms with Gasteiger partial charge in [0.1, 0.15) is 11.6 Å². The molecule has 1 aromatic carbocycles. The van der Waals surface area contributed by atoms with E-state index in [0.29, 0.717) is 22.3 Å². The number of amides is 2. The number of rotatable bonds is 3. The Morgan fingerprint density at radius 1 is 1.22 bits per heavy atom. The molecule has 1 aliphatic rings. The molecule has 0 bridgehead atoms. The van der Waals surface area contributed by atoms with Gasteiger partial charge in [-0.3, -0.25) is 0 Å². The van der Waals surface area contributed by atoms with E-state index in [-0.39, 0.29) is 16.7 Å². The first kappa shape index (κ1) is 17.5. The number of pyridine rings is 1. The number of anilines is 3. The molecule has 1 aliphatic heterocycles. The highest BCUT2D eigenvalue weighted by Crippen LogP contribution is 2.35. The molecule has 0 saturated carbocycles. The summed E-state index contributed by atoms with van der Waals surface area (Å²) in [5.41, 5.74) is 1.31. The quantitative estimate of drug-likeness (QED) is 0.613. The summed E-state index contributed by atoms with van der Waals surface area (Å²) in [5.74, 6) is -2.86. The normalized spacial score (nSPS) is 15.5. The van der Waals surface area contributed by atoms with Gasteiger partial charge in [-0.1, -0.05) is 11.6 Å². The molecule has 10 heteroatoms. The average Bonchev–Trinajstić information content (AvgIpc) is 2.93. The van der Waals surface area contributed by atoms with Crippen molar-refractivity contribution in [2.45, 2.75) is 5.92 Å². The van der Waals surface area contributed by atoms with Gasteiger partial charge < -0.3 is 20.5 Å². The van der Waals surface area contributed by atoms with Crippen molar-refractivity contribution in [3.63, 3.8) is 0 Å². The van der Waals surface area contributed by atoms with Crippen LogP contribution in [0, 0.1) is 5.82 Å². The highest BCUT2D eigenvalue weighted by molar-refractivity contribution is 6.33. The number of urea groups is 1. The number of aromatic amines is 1. The number of hydrogen-bond donors (Lipinski definition) is 3. The maximum atomic E-state index is 13.4. The number of nitrogens with zero attached hydrogens (tertiary/aromatic N) is 2. The van der Waals surface area contributed by atoms with E-state index in [1.807, 2.05) is 0 Å². The van der Waals surface area contributed by atoms with Crippen LogP contribution in [-0.2, 0) is 0 Å². The van der Waals surface area contributed by atoms with Crippen molar-refractivity contribution in [3.05, 3.63) is 47.5 Å². The van der Waals surface area contributed by atoms with Crippen molar-refractivity contribution in [1.29, 1.82) is 0 Å². The van der Waals surface area contributed by atoms with E-state index < -0.39 is 25.0 Å². The molecule has 2 aromatic heterocycles. The Morgan fingerprint density at radius 2 is 1.96 bits per heavy atom. The number of benzene rings is 1. The molecular weight excluding hydrogens is 383 g/mol. The second kappa shape index (κ2) is 6.34. The maximum Gasteiger partial charge on any atom is 0.323 e. The van der Waals surface area contributed by atoms with Gasteiger partial charge in [0, 0.05) is 17.3 Å². The molecule has 0 spiro atoms. The van der Waals surface area contributed by atoms with E-state index in [9.17, 15) is 18.0 Å². The Bertz CT molecular complexity index is 1030. The van der Waals surface area contributed by atoms with E-state index in [1.165, 1.54) is 23.4 Å². The molecule has 3 aromatic rings. The Hall–Kier alpha value is -2.94. The number of halogens is 4. The standard InChI is InChI=1S/C17H13ClF3N5O/c18-12-3-10(5-23-15(12)26-7-17(20,21)8-26)25-16(27)24-9-1-2-11-13(19)6-22-14(11)4-9/h1-6,22H,7-8H2,(H2,24,25,27). The predicted molar refractivity (Wildman–Crippen MR) is 97.3 cm³/mol. The smallest absolute Gasteiger partial charge is 0.323 e. The Morgan fingerprint density at radius 3 is 2.67 bits per heavy atom. The third kappa shape index (κ3) is 3.50. The van der Waals surface area contributed by atoms with Crippen molar-refractivity contribution < 1.29 is 18.0 Å². The van der Waals surface area contributed by atoms with E-state index in [2.05, 4.69) is 20.6 Å². The fourth-order valence-corrected chi connectivity index (χ4v) is 3.14. The first-order valence-electron chi connectivity index (χ1n) is 7.94. The lowest BCUT2D eigenvalue weighted by atomic mass is 10.1. The first-order valence-corrected chi connectivity index (χ1v) is 8.31. The second-order valence-corrected chi connectivity index (χ2v) is 6.62. The van der Waals surface area contributed by atoms with Crippen LogP contribution in [0.15, 0.2) is 36.7 Å². The number of carbonyl (C=O) groups excluding carboxylic acids is 1. The zero-order chi connectivity index (χ0) is 19.2. The number of carbonyl (C=O) groups is 1. The zero-order valence-electron chi connectivity index (χ0n) is 13.7. The summed E-state index contributed by atoms with van der Waals surface area (Å²) in [6.45, 7) is -0.871. The average molecular weight is 396 g/mol. The van der Waals surface area contributed by atoms with Gasteiger partial charge in [0.2, 0.25) is 0 Å². The van der Waals surface area contributed by atoms with Gasteiger partial charge in [-0.05, 0) is 24.3 Å². The van der Waals surface area contributed by atoms with Crippen LogP contribution in [-0.4, -0.2) is 35.0 Å². The Kier molecular flexibility index (Phi) is 4.11. The molecule has 140 valence electrons. The van der Waals surface area contributed by atoms with Gasteiger partial charge in [0.15, 0.2) is 0 Å². The Balaban J connectivity index is 1.42. The van der Waals surface area contributed by atoms with E-state index in [1.54, 1.807) is 18.2 Å². The van der Waals surface area contributed by atoms with Crippen LogP contribution in [0.25, 0.3) is 10.9 Å². The minimum absolute atomic E-state index is 0.159. The number of nitrogens with one attached hydrogen (secondary N) is 3. The van der Waals surface area contributed by atoms with Crippen LogP contribution in [0.4, 0.5) is 35.2 Å². The molecule has 0 radical (unpaired) electrons. The molecule has 3 N–H and O–H groups in total. The minimum Gasteiger partial charge on any atom is -0.358 e. The number of aromatic nitrogens is 2. The van der Waals surface area contributed by atoms with E-state index in [4.69, 9.17) is 11.6 Å². The van der Waals surface area contributed by atoms with Gasteiger partial charge in [-0.25, -0.2) is 22.9 Å². The topological polar surface area (TPSA) is 73.1 Å². The summed E-state index contributed by atoms with van der Waals surface area (Å²) in [6.07, 6.45) is 2.57. The summed E-state index contributed by atoms with van der Waals surface area (Å²) in [4.78, 5) is 20.3. The van der Waals surface area contributed by atoms with Crippen molar-refractivity contribution in [2.24, 2.45) is 0 Å². The fourth-order valence-electron chi connectivity index (χ4n) is 2.86. The minimum atomic E-state index is -2.73. The molecule has 1 fully saturated rings. The number of fused-ring (bicyclic) bond motifs is 1. The summed E-state index contributed by atoms with van der Waals surface area (Å²) in [5, 5.41) is 5.74. The zero-order valence-corrected chi connectivity index (χ0v) is 14.4. The van der Waals surface area contributed by atoms with Gasteiger partial charge in [-0.2, -0.15) is 0 Å². The summed E-state index contributed by atoms with van der Waals surface area (Å²) in [6, 6.07) is 5.59. The summed E-state index contributed by atoms with van der Waals surface area (Å²) < 4.78 is 39.4. The monoisotopic (exact) mass is 395 g/mol. The van der Waals surface area contributed by atoms with Crippen LogP contribution in [0.5, 0.6) is 0 Å². The predicted octanol–water partition coefficient (Wildman–Crippen LogP) is 4.45. The molecule has 0 unspecified atom stereocenters. The maximum absolute atomic E-state index is 13.4. The van der Waals surface area contributed by atoms with E-state index in [0.717, 1.165) is 0 Å². The molecule has 0 aliphatic carbocycles.